The number of benzene rings is 8. The summed E-state index contributed by atoms with van der Waals surface area (Å²) in [5, 5.41) is 5.80. The number of para-hydroxylation sites is 2. The fraction of sp³-hybridized carbons (Fsp3) is 0. The Bertz CT molecular complexity index is 3910. The second kappa shape index (κ2) is 14.3. The number of thiophene rings is 2. The molecule has 13 aromatic rings. The molecule has 0 fully saturated rings. The van der Waals surface area contributed by atoms with Gasteiger partial charge in [0.25, 0.3) is 0 Å². The first-order valence-corrected chi connectivity index (χ1v) is 22.5. The monoisotopic (exact) mass is 840 g/mol. The topological polar surface area (TPSA) is 69.4 Å². The third-order valence-corrected chi connectivity index (χ3v) is 14.2. The molecule has 0 aliphatic rings. The summed E-state index contributed by atoms with van der Waals surface area (Å²) in [6, 6.07) is 67.9. The van der Waals surface area contributed by atoms with Crippen LogP contribution in [-0.2, 0) is 0 Å². The number of nitrogens with zero attached hydrogens (tertiary/aromatic N) is 6. The maximum Gasteiger partial charge on any atom is 0.164 e. The summed E-state index contributed by atoms with van der Waals surface area (Å²) in [5.41, 5.74) is 10.2. The summed E-state index contributed by atoms with van der Waals surface area (Å²) < 4.78 is 7.00. The minimum Gasteiger partial charge on any atom is -0.309 e. The number of aromatic nitrogens is 6. The molecule has 6 nitrogen and oxygen atoms in total. The molecule has 0 aliphatic carbocycles. The predicted octanol–water partition coefficient (Wildman–Crippen LogP) is 14.8. The van der Waals surface area contributed by atoms with Crippen molar-refractivity contribution in [2.24, 2.45) is 0 Å². The first-order chi connectivity index (χ1) is 31.2. The van der Waals surface area contributed by atoms with Crippen molar-refractivity contribution in [3.05, 3.63) is 194 Å². The molecule has 63 heavy (non-hydrogen) atoms. The van der Waals surface area contributed by atoms with E-state index in [-0.39, 0.29) is 0 Å². The molecule has 8 heteroatoms. The first-order valence-electron chi connectivity index (χ1n) is 20.8. The van der Waals surface area contributed by atoms with Crippen molar-refractivity contribution in [3.8, 4) is 62.5 Å². The number of fused-ring (bicyclic) bond motifs is 9. The minimum atomic E-state index is 0.627. The van der Waals surface area contributed by atoms with E-state index in [2.05, 4.69) is 174 Å². The molecule has 0 saturated carbocycles. The Labute approximate surface area is 369 Å². The molecule has 0 atom stereocenters. The quantitative estimate of drug-likeness (QED) is 0.167. The Morgan fingerprint density at radius 3 is 1.65 bits per heavy atom. The highest BCUT2D eigenvalue weighted by Gasteiger charge is 2.20. The highest BCUT2D eigenvalue weighted by Crippen LogP contribution is 2.42. The lowest BCUT2D eigenvalue weighted by Crippen LogP contribution is -2.00. The van der Waals surface area contributed by atoms with Crippen LogP contribution < -0.4 is 0 Å². The normalized spacial score (nSPS) is 11.8. The van der Waals surface area contributed by atoms with E-state index < -0.39 is 0 Å². The van der Waals surface area contributed by atoms with Crippen LogP contribution in [0.25, 0.3) is 125 Å². The van der Waals surface area contributed by atoms with Crippen LogP contribution in [-0.4, -0.2) is 29.5 Å². The number of hydrogen-bond acceptors (Lipinski definition) is 7. The molecule has 5 aromatic heterocycles. The Hall–Kier alpha value is -7.91. The molecule has 13 rings (SSSR count). The van der Waals surface area contributed by atoms with E-state index in [9.17, 15) is 0 Å². The first kappa shape index (κ1) is 35.8. The van der Waals surface area contributed by atoms with Crippen molar-refractivity contribution >= 4 is 85.0 Å². The second-order valence-corrected chi connectivity index (χ2v) is 17.8. The van der Waals surface area contributed by atoms with Gasteiger partial charge in [0.15, 0.2) is 23.3 Å². The largest absolute Gasteiger partial charge is 0.309 e. The van der Waals surface area contributed by atoms with Crippen molar-refractivity contribution < 1.29 is 0 Å². The molecule has 0 bridgehead atoms. The molecular weight excluding hydrogens is 809 g/mol. The highest BCUT2D eigenvalue weighted by atomic mass is 32.1. The summed E-state index contributed by atoms with van der Waals surface area (Å²) in [6.45, 7) is 0. The molecule has 8 aromatic carbocycles. The zero-order valence-electron chi connectivity index (χ0n) is 33.5. The van der Waals surface area contributed by atoms with Gasteiger partial charge in [-0.1, -0.05) is 127 Å². The number of rotatable bonds is 6. The van der Waals surface area contributed by atoms with Crippen molar-refractivity contribution in [2.45, 2.75) is 0 Å². The zero-order valence-corrected chi connectivity index (χ0v) is 35.1. The maximum atomic E-state index is 5.24. The van der Waals surface area contributed by atoms with E-state index in [0.29, 0.717) is 17.5 Å². The molecule has 0 unspecified atom stereocenters. The van der Waals surface area contributed by atoms with E-state index in [0.717, 1.165) is 82.4 Å². The molecule has 0 amide bonds. The Morgan fingerprint density at radius 2 is 0.873 bits per heavy atom. The Balaban J connectivity index is 0.939. The lowest BCUT2D eigenvalue weighted by Gasteiger charge is -2.10. The van der Waals surface area contributed by atoms with Crippen molar-refractivity contribution in [1.82, 2.24) is 29.5 Å². The van der Waals surface area contributed by atoms with E-state index in [4.69, 9.17) is 24.9 Å². The van der Waals surface area contributed by atoms with Crippen LogP contribution in [0.15, 0.2) is 194 Å². The molecule has 0 radical (unpaired) electrons. The average molecular weight is 841 g/mol. The minimum absolute atomic E-state index is 0.627. The number of hydrogen-bond donors (Lipinski definition) is 0. The van der Waals surface area contributed by atoms with E-state index in [1.165, 1.54) is 24.9 Å². The summed E-state index contributed by atoms with van der Waals surface area (Å²) in [5.74, 6) is 2.61. The zero-order chi connectivity index (χ0) is 41.4. The van der Waals surface area contributed by atoms with E-state index in [1.807, 2.05) is 24.3 Å². The van der Waals surface area contributed by atoms with Gasteiger partial charge in [0, 0.05) is 74.5 Å². The van der Waals surface area contributed by atoms with E-state index in [1.54, 1.807) is 22.7 Å². The van der Waals surface area contributed by atoms with Crippen LogP contribution in [0.3, 0.4) is 0 Å². The van der Waals surface area contributed by atoms with Gasteiger partial charge in [0.2, 0.25) is 0 Å². The van der Waals surface area contributed by atoms with Gasteiger partial charge in [-0.2, -0.15) is 0 Å². The van der Waals surface area contributed by atoms with Gasteiger partial charge in [-0.3, -0.25) is 0 Å². The van der Waals surface area contributed by atoms with Gasteiger partial charge in [0.05, 0.1) is 26.9 Å². The van der Waals surface area contributed by atoms with Gasteiger partial charge in [-0.15, -0.1) is 22.7 Å². The fourth-order valence-corrected chi connectivity index (χ4v) is 11.2. The lowest BCUT2D eigenvalue weighted by atomic mass is 10.1. The molecule has 294 valence electrons. The third-order valence-electron chi connectivity index (χ3n) is 11.9. The second-order valence-electron chi connectivity index (χ2n) is 15.7. The third kappa shape index (κ3) is 5.95. The van der Waals surface area contributed by atoms with Crippen LogP contribution >= 0.6 is 22.7 Å². The standard InChI is InChI=1S/C55H32N6S2/c1-4-14-33(15-5-1)49-51-50(41-21-11-13-23-46(41)63-51)57-53(56-49)37-24-27-40-43-31-36(26-29-47(43)62-48(40)32-37)55-59-52(34-16-6-2-7-17-34)58-54(60-55)35-25-28-45-42(30-35)39-20-10-12-22-44(39)61(45)38-18-8-3-9-19-38/h1-32H. The molecule has 0 N–H and O–H groups in total. The summed E-state index contributed by atoms with van der Waals surface area (Å²) in [6.07, 6.45) is 0. The molecular formula is C55H32N6S2. The van der Waals surface area contributed by atoms with Crippen LogP contribution in [0.2, 0.25) is 0 Å². The molecule has 0 spiro atoms. The summed E-state index contributed by atoms with van der Waals surface area (Å²) >= 11 is 3.53. The lowest BCUT2D eigenvalue weighted by molar-refractivity contribution is 1.07. The Kier molecular flexibility index (Phi) is 8.15. The highest BCUT2D eigenvalue weighted by molar-refractivity contribution is 7.26. The van der Waals surface area contributed by atoms with Gasteiger partial charge >= 0.3 is 0 Å². The van der Waals surface area contributed by atoms with Gasteiger partial charge in [-0.25, -0.2) is 24.9 Å². The average Bonchev–Trinajstić information content (AvgIpc) is 4.03. The molecule has 0 saturated heterocycles. The van der Waals surface area contributed by atoms with Crippen LogP contribution in [0.4, 0.5) is 0 Å². The summed E-state index contributed by atoms with van der Waals surface area (Å²) in [4.78, 5) is 25.9. The van der Waals surface area contributed by atoms with Crippen molar-refractivity contribution in [3.63, 3.8) is 0 Å². The summed E-state index contributed by atoms with van der Waals surface area (Å²) in [7, 11) is 0. The van der Waals surface area contributed by atoms with Gasteiger partial charge in [-0.05, 0) is 66.7 Å². The maximum absolute atomic E-state index is 5.24. The van der Waals surface area contributed by atoms with E-state index >= 15 is 0 Å². The fourth-order valence-electron chi connectivity index (χ4n) is 8.88. The SMILES string of the molecule is c1ccc(-c2nc(-c3ccc4sc5cc(-c6nc(-c7ccccc7)c7sc8ccccc8c7n6)ccc5c4c3)nc(-c3ccc4c(c3)c3ccccc3n4-c3ccccc3)n2)cc1. The van der Waals surface area contributed by atoms with Crippen molar-refractivity contribution in [1.29, 1.82) is 0 Å². The smallest absolute Gasteiger partial charge is 0.164 e. The predicted molar refractivity (Wildman–Crippen MR) is 263 cm³/mol. The van der Waals surface area contributed by atoms with Crippen LogP contribution in [0.5, 0.6) is 0 Å². The van der Waals surface area contributed by atoms with Gasteiger partial charge < -0.3 is 4.57 Å². The van der Waals surface area contributed by atoms with Crippen LogP contribution in [0, 0.1) is 0 Å². The van der Waals surface area contributed by atoms with Crippen molar-refractivity contribution in [2.75, 3.05) is 0 Å². The van der Waals surface area contributed by atoms with Crippen LogP contribution in [0.1, 0.15) is 0 Å². The molecule has 0 aliphatic heterocycles. The molecule has 5 heterocycles. The Morgan fingerprint density at radius 1 is 0.317 bits per heavy atom. The van der Waals surface area contributed by atoms with Gasteiger partial charge in [0.1, 0.15) is 0 Å².